The van der Waals surface area contributed by atoms with Gasteiger partial charge in [-0.15, -0.1) is 11.3 Å². The molecule has 2 N–H and O–H groups in total. The highest BCUT2D eigenvalue weighted by molar-refractivity contribution is 7.80. The van der Waals surface area contributed by atoms with Gasteiger partial charge in [0.2, 0.25) is 0 Å². The van der Waals surface area contributed by atoms with Crippen molar-refractivity contribution >= 4 is 45.3 Å². The molecule has 0 unspecified atom stereocenters. The van der Waals surface area contributed by atoms with Crippen molar-refractivity contribution in [2.24, 2.45) is 0 Å². The van der Waals surface area contributed by atoms with E-state index in [1.54, 1.807) is 0 Å². The Balaban J connectivity index is 1.93. The molecule has 0 radical (unpaired) electrons. The molecule has 0 fully saturated rings. The molecule has 162 valence electrons. The van der Waals surface area contributed by atoms with Crippen LogP contribution in [-0.4, -0.2) is 18.2 Å². The van der Waals surface area contributed by atoms with Crippen LogP contribution in [-0.2, 0) is 10.9 Å². The second-order valence-corrected chi connectivity index (χ2v) is 8.00. The fraction of sp³-hybridized carbons (Fsp3) is 0.143. The minimum atomic E-state index is -4.63. The molecular formula is C21H16F4N2O2S2. The zero-order chi connectivity index (χ0) is 22.8. The number of thiophene rings is 1. The number of esters is 1. The smallest absolute Gasteiger partial charge is 0.416 e. The van der Waals surface area contributed by atoms with Crippen LogP contribution in [0.1, 0.15) is 20.8 Å². The molecule has 0 bridgehead atoms. The number of halogens is 4. The predicted octanol–water partition coefficient (Wildman–Crippen LogP) is 6.48. The van der Waals surface area contributed by atoms with Crippen LogP contribution in [0.5, 0.6) is 0 Å². The van der Waals surface area contributed by atoms with E-state index < -0.39 is 29.2 Å². The molecule has 0 aliphatic carbocycles. The highest BCUT2D eigenvalue weighted by Gasteiger charge is 2.31. The monoisotopic (exact) mass is 468 g/mol. The van der Waals surface area contributed by atoms with Crippen LogP contribution in [0.15, 0.2) is 48.5 Å². The average Bonchev–Trinajstić information content (AvgIpc) is 3.04. The number of hydrogen-bond donors (Lipinski definition) is 2. The number of carbonyl (C=O) groups is 1. The molecule has 31 heavy (non-hydrogen) atoms. The summed E-state index contributed by atoms with van der Waals surface area (Å²) in [6.07, 6.45) is -4.63. The van der Waals surface area contributed by atoms with Gasteiger partial charge in [0.25, 0.3) is 0 Å². The van der Waals surface area contributed by atoms with E-state index in [2.05, 4.69) is 10.6 Å². The first-order chi connectivity index (χ1) is 14.6. The quantitative estimate of drug-likeness (QED) is 0.261. The Morgan fingerprint density at radius 2 is 1.77 bits per heavy atom. The van der Waals surface area contributed by atoms with E-state index in [-0.39, 0.29) is 10.7 Å². The normalized spacial score (nSPS) is 11.2. The summed E-state index contributed by atoms with van der Waals surface area (Å²) in [4.78, 5) is 13.3. The molecule has 2 aromatic carbocycles. The van der Waals surface area contributed by atoms with E-state index >= 15 is 0 Å². The topological polar surface area (TPSA) is 50.4 Å². The summed E-state index contributed by atoms with van der Waals surface area (Å²) in [6.45, 7) is 1.81. The Labute approximate surface area is 184 Å². The summed E-state index contributed by atoms with van der Waals surface area (Å²) in [5.74, 6) is -1.52. The van der Waals surface area contributed by atoms with Crippen LogP contribution in [0.2, 0.25) is 0 Å². The fourth-order valence-corrected chi connectivity index (χ4v) is 4.28. The van der Waals surface area contributed by atoms with Crippen LogP contribution < -0.4 is 10.6 Å². The van der Waals surface area contributed by atoms with E-state index in [0.717, 1.165) is 10.4 Å². The van der Waals surface area contributed by atoms with Crippen molar-refractivity contribution in [3.63, 3.8) is 0 Å². The molecule has 0 aliphatic rings. The number of alkyl halides is 3. The maximum Gasteiger partial charge on any atom is 0.416 e. The first kappa shape index (κ1) is 22.7. The van der Waals surface area contributed by atoms with E-state index in [1.165, 1.54) is 18.4 Å². The lowest BCUT2D eigenvalue weighted by Crippen LogP contribution is -2.21. The van der Waals surface area contributed by atoms with Gasteiger partial charge in [0.15, 0.2) is 5.11 Å². The number of anilines is 2. The Bertz CT molecular complexity index is 1130. The molecule has 10 heteroatoms. The van der Waals surface area contributed by atoms with Gasteiger partial charge < -0.3 is 15.4 Å². The maximum absolute atomic E-state index is 14.0. The third-order valence-electron chi connectivity index (χ3n) is 4.31. The number of benzene rings is 2. The molecule has 0 amide bonds. The minimum absolute atomic E-state index is 0.177. The maximum atomic E-state index is 14.0. The van der Waals surface area contributed by atoms with Crippen molar-refractivity contribution < 1.29 is 27.1 Å². The number of methoxy groups -OCH3 is 1. The third-order valence-corrected chi connectivity index (χ3v) is 5.53. The van der Waals surface area contributed by atoms with Crippen molar-refractivity contribution in [2.75, 3.05) is 17.7 Å². The second kappa shape index (κ2) is 9.03. The Hall–Kier alpha value is -2.98. The van der Waals surface area contributed by atoms with Gasteiger partial charge in [-0.1, -0.05) is 30.3 Å². The first-order valence-electron chi connectivity index (χ1n) is 8.83. The second-order valence-electron chi connectivity index (χ2n) is 6.37. The molecule has 3 aromatic rings. The summed E-state index contributed by atoms with van der Waals surface area (Å²) in [6, 6.07) is 11.1. The van der Waals surface area contributed by atoms with Crippen LogP contribution in [0.25, 0.3) is 11.1 Å². The van der Waals surface area contributed by atoms with Crippen molar-refractivity contribution in [1.29, 1.82) is 0 Å². The SMILES string of the molecule is COC(=O)c1c(NC(=S)Nc2cc(C(F)(F)F)ccc2F)sc(C)c1-c1ccccc1. The van der Waals surface area contributed by atoms with Crippen LogP contribution in [0, 0.1) is 12.7 Å². The Morgan fingerprint density at radius 3 is 2.39 bits per heavy atom. The highest BCUT2D eigenvalue weighted by atomic mass is 32.1. The Kier molecular flexibility index (Phi) is 6.61. The van der Waals surface area contributed by atoms with Gasteiger partial charge in [-0.2, -0.15) is 13.2 Å². The molecular weight excluding hydrogens is 452 g/mol. The molecule has 0 saturated carbocycles. The zero-order valence-corrected chi connectivity index (χ0v) is 17.9. The summed E-state index contributed by atoms with van der Waals surface area (Å²) >= 11 is 6.37. The van der Waals surface area contributed by atoms with Crippen molar-refractivity contribution in [3.8, 4) is 11.1 Å². The molecule has 4 nitrogen and oxygen atoms in total. The highest BCUT2D eigenvalue weighted by Crippen LogP contribution is 2.40. The van der Waals surface area contributed by atoms with Gasteiger partial charge >= 0.3 is 12.1 Å². The first-order valence-corrected chi connectivity index (χ1v) is 10.1. The number of hydrogen-bond acceptors (Lipinski definition) is 4. The number of rotatable bonds is 4. The minimum Gasteiger partial charge on any atom is -0.465 e. The van der Waals surface area contributed by atoms with Crippen LogP contribution >= 0.6 is 23.6 Å². The summed E-state index contributed by atoms with van der Waals surface area (Å²) in [7, 11) is 1.24. The average molecular weight is 468 g/mol. The summed E-state index contributed by atoms with van der Waals surface area (Å²) in [5, 5.41) is 5.35. The molecule has 3 rings (SSSR count). The number of aryl methyl sites for hydroxylation is 1. The standard InChI is InChI=1S/C21H16F4N2O2S2/c1-11-16(12-6-4-3-5-7-12)17(19(28)29-2)18(31-11)27-20(30)26-15-10-13(21(23,24)25)8-9-14(15)22/h3-10H,1-2H3,(H2,26,27,30). The van der Waals surface area contributed by atoms with Crippen molar-refractivity contribution in [1.82, 2.24) is 0 Å². The van der Waals surface area contributed by atoms with Crippen LogP contribution in [0.3, 0.4) is 0 Å². The Morgan fingerprint density at radius 1 is 1.10 bits per heavy atom. The third kappa shape index (κ3) is 5.02. The zero-order valence-electron chi connectivity index (χ0n) is 16.3. The number of ether oxygens (including phenoxy) is 1. The van der Waals surface area contributed by atoms with Gasteiger partial charge in [-0.25, -0.2) is 9.18 Å². The number of nitrogens with one attached hydrogen (secondary N) is 2. The van der Waals surface area contributed by atoms with Gasteiger partial charge in [0.05, 0.1) is 18.4 Å². The van der Waals surface area contributed by atoms with Crippen LogP contribution in [0.4, 0.5) is 28.3 Å². The van der Waals surface area contributed by atoms with Crippen molar-refractivity contribution in [2.45, 2.75) is 13.1 Å². The van der Waals surface area contributed by atoms with Gasteiger partial charge in [0.1, 0.15) is 16.4 Å². The van der Waals surface area contributed by atoms with E-state index in [0.29, 0.717) is 28.8 Å². The molecule has 0 aliphatic heterocycles. The number of carbonyl (C=O) groups excluding carboxylic acids is 1. The summed E-state index contributed by atoms with van der Waals surface area (Å²) < 4.78 is 57.7. The molecule has 0 saturated heterocycles. The predicted molar refractivity (Wildman–Crippen MR) is 117 cm³/mol. The molecule has 0 atom stereocenters. The lowest BCUT2D eigenvalue weighted by Gasteiger charge is -2.14. The van der Waals surface area contributed by atoms with Gasteiger partial charge in [-0.3, -0.25) is 0 Å². The van der Waals surface area contributed by atoms with E-state index in [9.17, 15) is 22.4 Å². The summed E-state index contributed by atoms with van der Waals surface area (Å²) in [5.41, 5.74) is 0.196. The lowest BCUT2D eigenvalue weighted by molar-refractivity contribution is -0.137. The fourth-order valence-electron chi connectivity index (χ4n) is 2.94. The number of thiocarbonyl (C=S) groups is 1. The van der Waals surface area contributed by atoms with E-state index in [4.69, 9.17) is 17.0 Å². The largest absolute Gasteiger partial charge is 0.465 e. The molecule has 1 heterocycles. The lowest BCUT2D eigenvalue weighted by atomic mass is 10.0. The van der Waals surface area contributed by atoms with Gasteiger partial charge in [0, 0.05) is 10.4 Å². The molecule has 1 aromatic heterocycles. The van der Waals surface area contributed by atoms with Crippen molar-refractivity contribution in [3.05, 3.63) is 70.4 Å². The van der Waals surface area contributed by atoms with Gasteiger partial charge in [-0.05, 0) is 42.9 Å². The molecule has 0 spiro atoms. The van der Waals surface area contributed by atoms with E-state index in [1.807, 2.05) is 37.3 Å².